The normalized spacial score (nSPS) is 16.9. The van der Waals surface area contributed by atoms with Gasteiger partial charge < -0.3 is 14.2 Å². The van der Waals surface area contributed by atoms with E-state index in [9.17, 15) is 4.79 Å². The van der Waals surface area contributed by atoms with E-state index < -0.39 is 0 Å². The molecular formula is C23H25N3O2. The molecule has 5 nitrogen and oxygen atoms in total. The van der Waals surface area contributed by atoms with Crippen molar-refractivity contribution >= 4 is 5.91 Å². The number of hydrogen-bond acceptors (Lipinski definition) is 3. The number of nitrogens with zero attached hydrogens (tertiary/aromatic N) is 3. The van der Waals surface area contributed by atoms with Gasteiger partial charge in [0.25, 0.3) is 5.91 Å². The van der Waals surface area contributed by atoms with Gasteiger partial charge >= 0.3 is 0 Å². The van der Waals surface area contributed by atoms with E-state index in [1.807, 2.05) is 65.0 Å². The largest absolute Gasteiger partial charge is 0.370 e. The molecule has 1 aromatic carbocycles. The first-order valence-corrected chi connectivity index (χ1v) is 9.74. The minimum absolute atomic E-state index is 0.0496. The van der Waals surface area contributed by atoms with Crippen LogP contribution in [0.2, 0.25) is 0 Å². The number of likely N-dealkylation sites (tertiary alicyclic amines) is 1. The van der Waals surface area contributed by atoms with Crippen molar-refractivity contribution in [1.29, 1.82) is 0 Å². The van der Waals surface area contributed by atoms with Crippen LogP contribution in [0.25, 0.3) is 11.3 Å². The summed E-state index contributed by atoms with van der Waals surface area (Å²) < 4.78 is 8.01. The highest BCUT2D eigenvalue weighted by molar-refractivity contribution is 5.94. The second-order valence-corrected chi connectivity index (χ2v) is 7.18. The van der Waals surface area contributed by atoms with Gasteiger partial charge in [-0.15, -0.1) is 0 Å². The Bertz CT molecular complexity index is 922. The molecule has 3 heterocycles. The van der Waals surface area contributed by atoms with Gasteiger partial charge in [-0.2, -0.15) is 0 Å². The molecule has 144 valence electrons. The number of carbonyl (C=O) groups is 1. The van der Waals surface area contributed by atoms with Gasteiger partial charge in [-0.25, -0.2) is 0 Å². The molecule has 1 fully saturated rings. The lowest BCUT2D eigenvalue weighted by Gasteiger charge is -2.32. The first-order chi connectivity index (χ1) is 13.7. The van der Waals surface area contributed by atoms with Crippen LogP contribution in [0.1, 0.15) is 29.0 Å². The van der Waals surface area contributed by atoms with Gasteiger partial charge in [0.2, 0.25) is 0 Å². The molecule has 0 saturated carbocycles. The van der Waals surface area contributed by atoms with Crippen LogP contribution in [0.5, 0.6) is 0 Å². The molecule has 0 bridgehead atoms. The number of piperidine rings is 1. The minimum Gasteiger partial charge on any atom is -0.370 e. The van der Waals surface area contributed by atoms with Crippen molar-refractivity contribution in [3.8, 4) is 11.3 Å². The van der Waals surface area contributed by atoms with Crippen LogP contribution >= 0.6 is 0 Å². The van der Waals surface area contributed by atoms with Crippen LogP contribution in [-0.4, -0.2) is 39.6 Å². The van der Waals surface area contributed by atoms with Crippen LogP contribution < -0.4 is 0 Å². The average Bonchev–Trinajstić information content (AvgIpc) is 3.14. The Hall–Kier alpha value is -2.92. The van der Waals surface area contributed by atoms with Crippen molar-refractivity contribution in [2.24, 2.45) is 7.05 Å². The molecule has 1 aliphatic heterocycles. The molecule has 1 saturated heterocycles. The fourth-order valence-corrected chi connectivity index (χ4v) is 3.73. The molecular weight excluding hydrogens is 350 g/mol. The number of ether oxygens (including phenoxy) is 1. The SMILES string of the molecule is Cn1c(C(=O)N2CCCC(OCc3ccccn3)C2)ccc1-c1ccccc1. The molecule has 1 amide bonds. The second-order valence-electron chi connectivity index (χ2n) is 7.18. The van der Waals surface area contributed by atoms with Gasteiger partial charge in [-0.3, -0.25) is 9.78 Å². The summed E-state index contributed by atoms with van der Waals surface area (Å²) in [6.45, 7) is 1.88. The Labute approximate surface area is 165 Å². The maximum Gasteiger partial charge on any atom is 0.270 e. The number of carbonyl (C=O) groups excluding carboxylic acids is 1. The molecule has 2 aromatic heterocycles. The number of benzene rings is 1. The first kappa shape index (κ1) is 18.4. The highest BCUT2D eigenvalue weighted by atomic mass is 16.5. The van der Waals surface area contributed by atoms with Gasteiger partial charge in [-0.05, 0) is 42.7 Å². The van der Waals surface area contributed by atoms with E-state index in [0.717, 1.165) is 36.3 Å². The summed E-state index contributed by atoms with van der Waals surface area (Å²) in [4.78, 5) is 19.3. The summed E-state index contributed by atoms with van der Waals surface area (Å²) in [6, 6.07) is 19.9. The van der Waals surface area contributed by atoms with Gasteiger partial charge in [0.05, 0.1) is 18.4 Å². The van der Waals surface area contributed by atoms with Crippen molar-refractivity contribution in [2.75, 3.05) is 13.1 Å². The van der Waals surface area contributed by atoms with E-state index >= 15 is 0 Å². The lowest BCUT2D eigenvalue weighted by Crippen LogP contribution is -2.43. The molecule has 1 aliphatic rings. The molecule has 4 rings (SSSR count). The molecule has 5 heteroatoms. The Morgan fingerprint density at radius 1 is 1.11 bits per heavy atom. The monoisotopic (exact) mass is 375 g/mol. The van der Waals surface area contributed by atoms with Gasteiger partial charge in [0.1, 0.15) is 5.69 Å². The summed E-state index contributed by atoms with van der Waals surface area (Å²) in [7, 11) is 1.95. The topological polar surface area (TPSA) is 47.4 Å². The smallest absolute Gasteiger partial charge is 0.270 e. The summed E-state index contributed by atoms with van der Waals surface area (Å²) in [6.07, 6.45) is 3.75. The second kappa shape index (κ2) is 8.40. The van der Waals surface area contributed by atoms with E-state index in [1.54, 1.807) is 6.20 Å². The van der Waals surface area contributed by atoms with E-state index in [0.29, 0.717) is 18.8 Å². The Morgan fingerprint density at radius 3 is 2.71 bits per heavy atom. The zero-order chi connectivity index (χ0) is 19.3. The van der Waals surface area contributed by atoms with Crippen molar-refractivity contribution < 1.29 is 9.53 Å². The predicted molar refractivity (Wildman–Crippen MR) is 109 cm³/mol. The molecule has 3 aromatic rings. The van der Waals surface area contributed by atoms with Crippen LogP contribution in [-0.2, 0) is 18.4 Å². The summed E-state index contributed by atoms with van der Waals surface area (Å²) >= 11 is 0. The predicted octanol–water partition coefficient (Wildman–Crippen LogP) is 3.91. The van der Waals surface area contributed by atoms with E-state index in [-0.39, 0.29) is 12.0 Å². The molecule has 1 atom stereocenters. The van der Waals surface area contributed by atoms with E-state index in [1.165, 1.54) is 0 Å². The molecule has 0 N–H and O–H groups in total. The Kier molecular flexibility index (Phi) is 5.53. The lowest BCUT2D eigenvalue weighted by atomic mass is 10.1. The lowest BCUT2D eigenvalue weighted by molar-refractivity contribution is -0.00810. The zero-order valence-corrected chi connectivity index (χ0v) is 16.1. The third-order valence-corrected chi connectivity index (χ3v) is 5.27. The highest BCUT2D eigenvalue weighted by Gasteiger charge is 2.27. The van der Waals surface area contributed by atoms with Gasteiger partial charge in [0.15, 0.2) is 0 Å². The highest BCUT2D eigenvalue weighted by Crippen LogP contribution is 2.23. The summed E-state index contributed by atoms with van der Waals surface area (Å²) in [5, 5.41) is 0. The fraction of sp³-hybridized carbons (Fsp3) is 0.304. The molecule has 0 radical (unpaired) electrons. The number of hydrogen-bond donors (Lipinski definition) is 0. The first-order valence-electron chi connectivity index (χ1n) is 9.74. The third kappa shape index (κ3) is 3.99. The number of pyridine rings is 1. The fourth-order valence-electron chi connectivity index (χ4n) is 3.73. The van der Waals surface area contributed by atoms with Crippen LogP contribution in [0.15, 0.2) is 66.9 Å². The van der Waals surface area contributed by atoms with Crippen molar-refractivity contribution in [2.45, 2.75) is 25.6 Å². The van der Waals surface area contributed by atoms with Crippen LogP contribution in [0.3, 0.4) is 0 Å². The standard InChI is InChI=1S/C23H25N3O2/c1-25-21(18-8-3-2-4-9-18)12-13-22(25)23(27)26-15-7-11-20(16-26)28-17-19-10-5-6-14-24-19/h2-6,8-10,12-14,20H,7,11,15-17H2,1H3. The van der Waals surface area contributed by atoms with Crippen LogP contribution in [0.4, 0.5) is 0 Å². The third-order valence-electron chi connectivity index (χ3n) is 5.27. The quantitative estimate of drug-likeness (QED) is 0.679. The van der Waals surface area contributed by atoms with Gasteiger partial charge in [-0.1, -0.05) is 36.4 Å². The average molecular weight is 375 g/mol. The minimum atomic E-state index is 0.0496. The molecule has 0 spiro atoms. The van der Waals surface area contributed by atoms with Crippen molar-refractivity contribution in [3.05, 3.63) is 78.2 Å². The number of aromatic nitrogens is 2. The van der Waals surface area contributed by atoms with Crippen LogP contribution in [0, 0.1) is 0 Å². The molecule has 1 unspecified atom stereocenters. The summed E-state index contributed by atoms with van der Waals surface area (Å²) in [5.41, 5.74) is 3.79. The van der Waals surface area contributed by atoms with Gasteiger partial charge in [0, 0.05) is 32.0 Å². The van der Waals surface area contributed by atoms with E-state index in [4.69, 9.17) is 4.74 Å². The van der Waals surface area contributed by atoms with E-state index in [2.05, 4.69) is 17.1 Å². The maximum absolute atomic E-state index is 13.1. The maximum atomic E-state index is 13.1. The Morgan fingerprint density at radius 2 is 1.93 bits per heavy atom. The number of amides is 1. The zero-order valence-electron chi connectivity index (χ0n) is 16.1. The Balaban J connectivity index is 1.42. The molecule has 0 aliphatic carbocycles. The van der Waals surface area contributed by atoms with Crippen molar-refractivity contribution in [1.82, 2.24) is 14.5 Å². The molecule has 28 heavy (non-hydrogen) atoms. The number of rotatable bonds is 5. The van der Waals surface area contributed by atoms with Crippen molar-refractivity contribution in [3.63, 3.8) is 0 Å². The summed E-state index contributed by atoms with van der Waals surface area (Å²) in [5.74, 6) is 0.0656.